The summed E-state index contributed by atoms with van der Waals surface area (Å²) in [5.41, 5.74) is -1.47. The van der Waals surface area contributed by atoms with E-state index in [2.05, 4.69) is 5.32 Å². The molecule has 1 aliphatic carbocycles. The second kappa shape index (κ2) is 8.19. The molecule has 0 radical (unpaired) electrons. The van der Waals surface area contributed by atoms with Crippen LogP contribution in [0, 0.1) is 17.1 Å². The van der Waals surface area contributed by atoms with Gasteiger partial charge in [0.05, 0.1) is 29.2 Å². The van der Waals surface area contributed by atoms with Crippen molar-refractivity contribution >= 4 is 5.91 Å². The highest BCUT2D eigenvalue weighted by molar-refractivity contribution is 5.79. The molecule has 5 nitrogen and oxygen atoms in total. The van der Waals surface area contributed by atoms with E-state index >= 15 is 0 Å². The zero-order valence-electron chi connectivity index (χ0n) is 16.6. The summed E-state index contributed by atoms with van der Waals surface area (Å²) in [4.78, 5) is 12.6. The summed E-state index contributed by atoms with van der Waals surface area (Å²) in [6.45, 7) is -0.0695. The Morgan fingerprint density at radius 2 is 1.87 bits per heavy atom. The minimum absolute atomic E-state index is 0.105. The van der Waals surface area contributed by atoms with Gasteiger partial charge in [0, 0.05) is 0 Å². The highest BCUT2D eigenvalue weighted by atomic mass is 19.4. The number of nitrogens with one attached hydrogen (secondary N) is 1. The molecule has 1 atom stereocenters. The van der Waals surface area contributed by atoms with Crippen LogP contribution in [0.25, 0.3) is 0 Å². The standard InChI is InChI=1S/C22H20F4N2O3/c1-20(30,15-2-4-17(23)5-3-15)11-19(29)28-21(6-7-21)16-8-14(12-27)9-18(10-16)31-13-22(24,25)26/h2-5,8-10,30H,6-7,11,13H2,1H3,(H,28,29)/t20-/m0/s1. The Balaban J connectivity index is 1.75. The fraction of sp³-hybridized carbons (Fsp3) is 0.364. The lowest BCUT2D eigenvalue weighted by molar-refractivity contribution is -0.153. The second-order valence-electron chi connectivity index (χ2n) is 7.85. The zero-order valence-corrected chi connectivity index (χ0v) is 16.6. The Bertz CT molecular complexity index is 1010. The van der Waals surface area contributed by atoms with Gasteiger partial charge in [0.25, 0.3) is 0 Å². The Hall–Kier alpha value is -3.12. The van der Waals surface area contributed by atoms with Gasteiger partial charge >= 0.3 is 6.18 Å². The summed E-state index contributed by atoms with van der Waals surface area (Å²) >= 11 is 0. The monoisotopic (exact) mass is 436 g/mol. The molecule has 2 aromatic carbocycles. The number of alkyl halides is 3. The Morgan fingerprint density at radius 3 is 2.42 bits per heavy atom. The van der Waals surface area contributed by atoms with Gasteiger partial charge in [-0.3, -0.25) is 4.79 Å². The number of ether oxygens (including phenoxy) is 1. The molecule has 0 aliphatic heterocycles. The van der Waals surface area contributed by atoms with Crippen molar-refractivity contribution in [2.45, 2.75) is 43.5 Å². The van der Waals surface area contributed by atoms with E-state index in [0.29, 0.717) is 24.0 Å². The third-order valence-corrected chi connectivity index (χ3v) is 5.09. The fourth-order valence-electron chi connectivity index (χ4n) is 3.33. The van der Waals surface area contributed by atoms with E-state index in [4.69, 9.17) is 4.74 Å². The molecule has 1 saturated carbocycles. The van der Waals surface area contributed by atoms with Crippen LogP contribution in [-0.4, -0.2) is 23.8 Å². The number of rotatable bonds is 7. The summed E-state index contributed by atoms with van der Waals surface area (Å²) in [6, 6.07) is 11.1. The number of carbonyl (C=O) groups excluding carboxylic acids is 1. The maximum Gasteiger partial charge on any atom is 0.422 e. The highest BCUT2D eigenvalue weighted by Gasteiger charge is 2.47. The molecule has 1 aliphatic rings. The van der Waals surface area contributed by atoms with Gasteiger partial charge in [0.15, 0.2) is 6.61 Å². The summed E-state index contributed by atoms with van der Waals surface area (Å²) in [5.74, 6) is -1.08. The molecule has 0 aromatic heterocycles. The van der Waals surface area contributed by atoms with Gasteiger partial charge in [-0.25, -0.2) is 4.39 Å². The SMILES string of the molecule is C[C@](O)(CC(=O)NC1(c2cc(C#N)cc(OCC(F)(F)F)c2)CC1)c1ccc(F)cc1. The number of nitrogens with zero attached hydrogens (tertiary/aromatic N) is 1. The predicted octanol–water partition coefficient (Wildman–Crippen LogP) is 4.04. The number of hydrogen-bond donors (Lipinski definition) is 2. The van der Waals surface area contributed by atoms with Crippen molar-refractivity contribution in [1.82, 2.24) is 5.32 Å². The second-order valence-corrected chi connectivity index (χ2v) is 7.85. The molecule has 0 unspecified atom stereocenters. The third kappa shape index (κ3) is 5.73. The average molecular weight is 436 g/mol. The van der Waals surface area contributed by atoms with E-state index in [1.54, 1.807) is 0 Å². The molecule has 9 heteroatoms. The number of hydrogen-bond acceptors (Lipinski definition) is 4. The molecule has 1 fully saturated rings. The van der Waals surface area contributed by atoms with Crippen molar-refractivity contribution in [2.75, 3.05) is 6.61 Å². The van der Waals surface area contributed by atoms with E-state index in [1.165, 1.54) is 49.4 Å². The average Bonchev–Trinajstić information content (AvgIpc) is 3.46. The van der Waals surface area contributed by atoms with E-state index in [1.807, 2.05) is 6.07 Å². The summed E-state index contributed by atoms with van der Waals surface area (Å²) in [5, 5.41) is 22.7. The molecule has 0 bridgehead atoms. The van der Waals surface area contributed by atoms with Gasteiger partial charge < -0.3 is 15.2 Å². The van der Waals surface area contributed by atoms with E-state index in [0.717, 1.165) is 0 Å². The Labute approximate surface area is 176 Å². The largest absolute Gasteiger partial charge is 0.484 e. The van der Waals surface area contributed by atoms with Crippen LogP contribution < -0.4 is 10.1 Å². The predicted molar refractivity (Wildman–Crippen MR) is 102 cm³/mol. The Kier molecular flexibility index (Phi) is 5.96. The lowest BCUT2D eigenvalue weighted by atomic mass is 9.91. The number of amides is 1. The van der Waals surface area contributed by atoms with Crippen LogP contribution in [0.15, 0.2) is 42.5 Å². The minimum Gasteiger partial charge on any atom is -0.484 e. The smallest absolute Gasteiger partial charge is 0.422 e. The van der Waals surface area contributed by atoms with E-state index in [-0.39, 0.29) is 17.7 Å². The van der Waals surface area contributed by atoms with Gasteiger partial charge in [-0.05, 0) is 61.2 Å². The van der Waals surface area contributed by atoms with Crippen LogP contribution in [0.2, 0.25) is 0 Å². The van der Waals surface area contributed by atoms with Gasteiger partial charge in [-0.1, -0.05) is 12.1 Å². The number of halogens is 4. The van der Waals surface area contributed by atoms with Crippen LogP contribution in [0.4, 0.5) is 17.6 Å². The summed E-state index contributed by atoms with van der Waals surface area (Å²) in [7, 11) is 0. The first-order valence-corrected chi connectivity index (χ1v) is 9.47. The van der Waals surface area contributed by atoms with Crippen molar-refractivity contribution in [3.05, 3.63) is 65.0 Å². The molecule has 1 amide bonds. The van der Waals surface area contributed by atoms with Gasteiger partial charge in [-0.15, -0.1) is 0 Å². The molecule has 2 aromatic rings. The van der Waals surface area contributed by atoms with Crippen LogP contribution in [0.5, 0.6) is 5.75 Å². The summed E-state index contributed by atoms with van der Waals surface area (Å²) in [6.07, 6.45) is -3.80. The van der Waals surface area contributed by atoms with Gasteiger partial charge in [0.1, 0.15) is 11.6 Å². The number of carbonyl (C=O) groups is 1. The zero-order chi connectivity index (χ0) is 22.9. The number of nitriles is 1. The number of aliphatic hydroxyl groups is 1. The van der Waals surface area contributed by atoms with Crippen molar-refractivity contribution in [1.29, 1.82) is 5.26 Å². The molecule has 0 spiro atoms. The number of benzene rings is 2. The molecule has 0 heterocycles. The molecular formula is C22H20F4N2O3. The third-order valence-electron chi connectivity index (χ3n) is 5.09. The minimum atomic E-state index is -4.53. The molecule has 2 N–H and O–H groups in total. The first-order chi connectivity index (χ1) is 14.4. The molecule has 0 saturated heterocycles. The van der Waals surface area contributed by atoms with E-state index < -0.39 is 35.6 Å². The van der Waals surface area contributed by atoms with Crippen molar-refractivity contribution in [3.8, 4) is 11.8 Å². The van der Waals surface area contributed by atoms with Gasteiger partial charge in [-0.2, -0.15) is 18.4 Å². The molecular weight excluding hydrogens is 416 g/mol. The first kappa shape index (κ1) is 22.6. The highest BCUT2D eigenvalue weighted by Crippen LogP contribution is 2.47. The normalized spacial score (nSPS) is 16.7. The van der Waals surface area contributed by atoms with Crippen LogP contribution in [-0.2, 0) is 15.9 Å². The first-order valence-electron chi connectivity index (χ1n) is 9.47. The van der Waals surface area contributed by atoms with Crippen molar-refractivity contribution < 1.29 is 32.2 Å². The maximum atomic E-state index is 13.1. The van der Waals surface area contributed by atoms with E-state index in [9.17, 15) is 32.7 Å². The lowest BCUT2D eigenvalue weighted by Crippen LogP contribution is -2.39. The molecule has 3 rings (SSSR count). The lowest BCUT2D eigenvalue weighted by Gasteiger charge is -2.26. The van der Waals surface area contributed by atoms with Crippen LogP contribution in [0.3, 0.4) is 0 Å². The topological polar surface area (TPSA) is 82.4 Å². The van der Waals surface area contributed by atoms with Crippen molar-refractivity contribution in [3.63, 3.8) is 0 Å². The quantitative estimate of drug-likeness (QED) is 0.642. The van der Waals surface area contributed by atoms with Crippen LogP contribution in [0.1, 0.15) is 42.9 Å². The van der Waals surface area contributed by atoms with Gasteiger partial charge in [0.2, 0.25) is 5.91 Å². The maximum absolute atomic E-state index is 13.1. The molecule has 31 heavy (non-hydrogen) atoms. The molecule has 164 valence electrons. The fourth-order valence-corrected chi connectivity index (χ4v) is 3.33. The van der Waals surface area contributed by atoms with Crippen molar-refractivity contribution in [2.24, 2.45) is 0 Å². The summed E-state index contributed by atoms with van der Waals surface area (Å²) < 4.78 is 55.3. The Morgan fingerprint density at radius 1 is 1.23 bits per heavy atom. The van der Waals surface area contributed by atoms with Crippen LogP contribution >= 0.6 is 0 Å².